The van der Waals surface area contributed by atoms with Gasteiger partial charge in [0.2, 0.25) is 0 Å². The van der Waals surface area contributed by atoms with Crippen LogP contribution < -0.4 is 0 Å². The van der Waals surface area contributed by atoms with Crippen molar-refractivity contribution < 1.29 is 14.6 Å². The number of carbonyl (C=O) groups excluding carboxylic acids is 1. The van der Waals surface area contributed by atoms with E-state index in [1.807, 2.05) is 13.8 Å². The van der Waals surface area contributed by atoms with Crippen molar-refractivity contribution in [3.8, 4) is 0 Å². The summed E-state index contributed by atoms with van der Waals surface area (Å²) in [6.45, 7) is 4.08. The van der Waals surface area contributed by atoms with E-state index in [0.717, 1.165) is 5.57 Å². The summed E-state index contributed by atoms with van der Waals surface area (Å²) in [6, 6.07) is 0. The van der Waals surface area contributed by atoms with E-state index in [2.05, 4.69) is 0 Å². The summed E-state index contributed by atoms with van der Waals surface area (Å²) >= 11 is 0. The molecule has 1 fully saturated rings. The van der Waals surface area contributed by atoms with Crippen LogP contribution in [0.15, 0.2) is 11.6 Å². The van der Waals surface area contributed by atoms with Gasteiger partial charge in [-0.25, -0.2) is 4.79 Å². The van der Waals surface area contributed by atoms with Crippen molar-refractivity contribution in [1.29, 1.82) is 0 Å². The molecule has 1 aliphatic carbocycles. The fraction of sp³-hybridized carbons (Fsp3) is 0.700. The van der Waals surface area contributed by atoms with Crippen LogP contribution in [0.2, 0.25) is 0 Å². The summed E-state index contributed by atoms with van der Waals surface area (Å²) < 4.78 is 5.08. The minimum absolute atomic E-state index is 0.103. The van der Waals surface area contributed by atoms with Gasteiger partial charge in [0.15, 0.2) is 0 Å². The number of rotatable bonds is 0. The third kappa shape index (κ3) is 1.37. The molecule has 1 aliphatic heterocycles. The Labute approximate surface area is 77.4 Å². The van der Waals surface area contributed by atoms with Crippen molar-refractivity contribution in [3.63, 3.8) is 0 Å². The molecular formula is C10H14O3. The van der Waals surface area contributed by atoms with Gasteiger partial charge in [-0.2, -0.15) is 0 Å². The summed E-state index contributed by atoms with van der Waals surface area (Å²) in [6.07, 6.45) is 2.33. The zero-order valence-corrected chi connectivity index (χ0v) is 7.91. The zero-order valence-electron chi connectivity index (χ0n) is 7.91. The second kappa shape index (κ2) is 2.58. The number of hydrogen-bond donors (Lipinski definition) is 1. The van der Waals surface area contributed by atoms with Gasteiger partial charge in [0.05, 0.1) is 6.10 Å². The van der Waals surface area contributed by atoms with E-state index in [1.165, 1.54) is 0 Å². The van der Waals surface area contributed by atoms with Gasteiger partial charge in [0.1, 0.15) is 6.10 Å². The first-order chi connectivity index (χ1) is 5.99. The first kappa shape index (κ1) is 8.75. The van der Waals surface area contributed by atoms with Gasteiger partial charge in [0, 0.05) is 12.5 Å². The number of carbonyl (C=O) groups is 1. The Morgan fingerprint density at radius 1 is 1.62 bits per heavy atom. The van der Waals surface area contributed by atoms with Crippen molar-refractivity contribution in [2.24, 2.45) is 5.41 Å². The Kier molecular flexibility index (Phi) is 1.74. The van der Waals surface area contributed by atoms with Gasteiger partial charge in [0.25, 0.3) is 0 Å². The average molecular weight is 182 g/mol. The molecule has 2 unspecified atom stereocenters. The topological polar surface area (TPSA) is 46.5 Å². The first-order valence-corrected chi connectivity index (χ1v) is 4.60. The fourth-order valence-corrected chi connectivity index (χ4v) is 2.30. The highest BCUT2D eigenvalue weighted by atomic mass is 16.5. The predicted octanol–water partition coefficient (Wildman–Crippen LogP) is 1.02. The Morgan fingerprint density at radius 3 is 3.00 bits per heavy atom. The molecule has 1 N–H and O–H groups in total. The van der Waals surface area contributed by atoms with Crippen LogP contribution in [0.5, 0.6) is 0 Å². The summed E-state index contributed by atoms with van der Waals surface area (Å²) in [5.74, 6) is -0.262. The van der Waals surface area contributed by atoms with E-state index in [9.17, 15) is 9.90 Å². The third-order valence-electron chi connectivity index (χ3n) is 2.89. The van der Waals surface area contributed by atoms with E-state index in [0.29, 0.717) is 12.8 Å². The molecule has 0 aromatic heterocycles. The Bertz CT molecular complexity index is 278. The highest BCUT2D eigenvalue weighted by molar-refractivity contribution is 5.86. The molecule has 0 amide bonds. The van der Waals surface area contributed by atoms with Gasteiger partial charge in [-0.05, 0) is 17.4 Å². The molecule has 0 saturated heterocycles. The van der Waals surface area contributed by atoms with E-state index in [1.54, 1.807) is 6.08 Å². The number of hydrogen-bond acceptors (Lipinski definition) is 3. The molecule has 0 aromatic carbocycles. The second-order valence-electron chi connectivity index (χ2n) is 4.50. The Balaban J connectivity index is 2.31. The summed E-state index contributed by atoms with van der Waals surface area (Å²) in [5.41, 5.74) is 0.942. The lowest BCUT2D eigenvalue weighted by Gasteiger charge is -2.37. The van der Waals surface area contributed by atoms with Crippen LogP contribution in [0.1, 0.15) is 26.7 Å². The monoisotopic (exact) mass is 182 g/mol. The van der Waals surface area contributed by atoms with Gasteiger partial charge in [-0.15, -0.1) is 0 Å². The number of aliphatic hydroxyl groups excluding tert-OH is 1. The van der Waals surface area contributed by atoms with Crippen LogP contribution in [-0.4, -0.2) is 23.3 Å². The Morgan fingerprint density at radius 2 is 2.31 bits per heavy atom. The summed E-state index contributed by atoms with van der Waals surface area (Å²) in [7, 11) is 0. The maximum Gasteiger partial charge on any atom is 0.331 e. The molecule has 0 bridgehead atoms. The molecule has 3 nitrogen and oxygen atoms in total. The molecule has 2 aliphatic rings. The molecule has 2 rings (SSSR count). The normalized spacial score (nSPS) is 36.5. The standard InChI is InChI=1S/C10H14O3/c1-10(2)5-6(11)3-8-7(10)4-9(12)13-8/h4,6,8,11H,3,5H2,1-2H3. The Hall–Kier alpha value is -0.830. The molecule has 2 atom stereocenters. The molecule has 1 saturated carbocycles. The summed E-state index contributed by atoms with van der Waals surface area (Å²) in [5, 5.41) is 9.56. The lowest BCUT2D eigenvalue weighted by Crippen LogP contribution is -2.36. The van der Waals surface area contributed by atoms with Gasteiger partial charge >= 0.3 is 5.97 Å². The van der Waals surface area contributed by atoms with Crippen molar-refractivity contribution in [1.82, 2.24) is 0 Å². The molecule has 3 heteroatoms. The molecule has 1 heterocycles. The van der Waals surface area contributed by atoms with E-state index < -0.39 is 0 Å². The van der Waals surface area contributed by atoms with E-state index in [-0.39, 0.29) is 23.6 Å². The third-order valence-corrected chi connectivity index (χ3v) is 2.89. The number of aliphatic hydroxyl groups is 1. The van der Waals surface area contributed by atoms with Crippen LogP contribution in [-0.2, 0) is 9.53 Å². The van der Waals surface area contributed by atoms with Gasteiger partial charge in [-0.1, -0.05) is 13.8 Å². The molecule has 72 valence electrons. The first-order valence-electron chi connectivity index (χ1n) is 4.60. The quantitative estimate of drug-likeness (QED) is 0.569. The number of ether oxygens (including phenoxy) is 1. The maximum absolute atomic E-state index is 11.0. The van der Waals surface area contributed by atoms with Gasteiger partial charge < -0.3 is 9.84 Å². The summed E-state index contributed by atoms with van der Waals surface area (Å²) in [4.78, 5) is 11.0. The molecule has 13 heavy (non-hydrogen) atoms. The number of esters is 1. The van der Waals surface area contributed by atoms with Crippen molar-refractivity contribution in [2.45, 2.75) is 38.9 Å². The largest absolute Gasteiger partial charge is 0.455 e. The van der Waals surface area contributed by atoms with E-state index >= 15 is 0 Å². The minimum atomic E-state index is -0.344. The highest BCUT2D eigenvalue weighted by Gasteiger charge is 2.42. The van der Waals surface area contributed by atoms with E-state index in [4.69, 9.17) is 4.74 Å². The number of fused-ring (bicyclic) bond motifs is 1. The van der Waals surface area contributed by atoms with Crippen LogP contribution in [0.3, 0.4) is 0 Å². The SMILES string of the molecule is CC1(C)CC(O)CC2OC(=O)C=C21. The second-order valence-corrected chi connectivity index (χ2v) is 4.50. The molecule has 0 aromatic rings. The zero-order chi connectivity index (χ0) is 9.64. The fourth-order valence-electron chi connectivity index (χ4n) is 2.30. The smallest absolute Gasteiger partial charge is 0.331 e. The van der Waals surface area contributed by atoms with Crippen LogP contribution in [0, 0.1) is 5.41 Å². The highest BCUT2D eigenvalue weighted by Crippen LogP contribution is 2.43. The van der Waals surface area contributed by atoms with Crippen molar-refractivity contribution in [2.75, 3.05) is 0 Å². The van der Waals surface area contributed by atoms with Gasteiger partial charge in [-0.3, -0.25) is 0 Å². The predicted molar refractivity (Wildman–Crippen MR) is 47.0 cm³/mol. The minimum Gasteiger partial charge on any atom is -0.455 e. The molecule has 0 radical (unpaired) electrons. The average Bonchev–Trinajstić information content (AvgIpc) is 2.28. The molecule has 0 spiro atoms. The maximum atomic E-state index is 11.0. The van der Waals surface area contributed by atoms with Crippen molar-refractivity contribution in [3.05, 3.63) is 11.6 Å². The molecular weight excluding hydrogens is 168 g/mol. The lowest BCUT2D eigenvalue weighted by molar-refractivity contribution is -0.140. The van der Waals surface area contributed by atoms with Crippen LogP contribution >= 0.6 is 0 Å². The van der Waals surface area contributed by atoms with Crippen LogP contribution in [0.25, 0.3) is 0 Å². The van der Waals surface area contributed by atoms with Crippen molar-refractivity contribution >= 4 is 5.97 Å². The lowest BCUT2D eigenvalue weighted by atomic mass is 9.71. The van der Waals surface area contributed by atoms with Crippen LogP contribution in [0.4, 0.5) is 0 Å².